The molecule has 2 heterocycles. The summed E-state index contributed by atoms with van der Waals surface area (Å²) in [6.07, 6.45) is 2.05. The summed E-state index contributed by atoms with van der Waals surface area (Å²) in [6.45, 7) is 1.32. The van der Waals surface area contributed by atoms with E-state index < -0.39 is 0 Å². The Bertz CT molecular complexity index is 770. The Hall–Kier alpha value is -2.08. The molecule has 2 N–H and O–H groups in total. The van der Waals surface area contributed by atoms with Crippen molar-refractivity contribution in [2.75, 3.05) is 6.54 Å². The number of phenols is 1. The molecule has 1 unspecified atom stereocenters. The van der Waals surface area contributed by atoms with Crippen LogP contribution >= 0.6 is 0 Å². The lowest BCUT2D eigenvalue weighted by atomic mass is 10.2. The third-order valence-electron chi connectivity index (χ3n) is 3.90. The number of nitrogens with one attached hydrogen (secondary N) is 1. The van der Waals surface area contributed by atoms with Crippen LogP contribution in [0.4, 0.5) is 0 Å². The topological polar surface area (TPSA) is 76.3 Å². The molecule has 0 spiro atoms. The fourth-order valence-corrected chi connectivity index (χ4v) is 2.79. The summed E-state index contributed by atoms with van der Waals surface area (Å²) in [5, 5.41) is 13.2. The standard InChI is InChI=1S/C14H17N3O3/c1-16-12-7-10(18)4-5-11(12)13(19)17(14(16)20)8-9-3-2-6-15-9/h4-5,7,9,15,18H,2-3,6,8H2,1H3. The number of phenolic OH excluding ortho intramolecular Hbond substituents is 1. The Balaban J connectivity index is 2.20. The van der Waals surface area contributed by atoms with Crippen LogP contribution in [0.5, 0.6) is 5.75 Å². The van der Waals surface area contributed by atoms with Crippen molar-refractivity contribution >= 4 is 10.9 Å². The number of hydrogen-bond acceptors (Lipinski definition) is 4. The molecule has 0 saturated carbocycles. The number of rotatable bonds is 2. The summed E-state index contributed by atoms with van der Waals surface area (Å²) in [5.41, 5.74) is -0.186. The van der Waals surface area contributed by atoms with Gasteiger partial charge in [-0.25, -0.2) is 4.79 Å². The summed E-state index contributed by atoms with van der Waals surface area (Å²) < 4.78 is 2.69. The minimum absolute atomic E-state index is 0.0436. The summed E-state index contributed by atoms with van der Waals surface area (Å²) >= 11 is 0. The van der Waals surface area contributed by atoms with E-state index in [0.29, 0.717) is 17.4 Å². The van der Waals surface area contributed by atoms with Gasteiger partial charge in [-0.15, -0.1) is 0 Å². The zero-order valence-electron chi connectivity index (χ0n) is 11.3. The molecule has 0 bridgehead atoms. The molecular weight excluding hydrogens is 258 g/mol. The van der Waals surface area contributed by atoms with Crippen molar-refractivity contribution in [2.45, 2.75) is 25.4 Å². The third kappa shape index (κ3) is 2.02. The second-order valence-corrected chi connectivity index (χ2v) is 5.25. The fraction of sp³-hybridized carbons (Fsp3) is 0.429. The zero-order valence-corrected chi connectivity index (χ0v) is 11.3. The minimum Gasteiger partial charge on any atom is -0.508 e. The molecule has 20 heavy (non-hydrogen) atoms. The Morgan fingerprint density at radius 2 is 2.20 bits per heavy atom. The highest BCUT2D eigenvalue weighted by Crippen LogP contribution is 2.15. The van der Waals surface area contributed by atoms with Crippen LogP contribution in [0.15, 0.2) is 27.8 Å². The second kappa shape index (κ2) is 4.79. The number of aromatic nitrogens is 2. The molecule has 1 saturated heterocycles. The number of nitrogens with zero attached hydrogens (tertiary/aromatic N) is 2. The van der Waals surface area contributed by atoms with Gasteiger partial charge in [0.1, 0.15) is 5.75 Å². The smallest absolute Gasteiger partial charge is 0.331 e. The Labute approximate surface area is 115 Å². The SMILES string of the molecule is Cn1c(=O)n(CC2CCCN2)c(=O)c2ccc(O)cc21. The van der Waals surface area contributed by atoms with Crippen LogP contribution in [0.2, 0.25) is 0 Å². The van der Waals surface area contributed by atoms with E-state index in [2.05, 4.69) is 5.32 Å². The summed E-state index contributed by atoms with van der Waals surface area (Å²) in [5.74, 6) is 0.0436. The average molecular weight is 275 g/mol. The first-order valence-corrected chi connectivity index (χ1v) is 6.74. The van der Waals surface area contributed by atoms with Crippen molar-refractivity contribution in [2.24, 2.45) is 7.05 Å². The molecule has 2 aromatic rings. The summed E-state index contributed by atoms with van der Waals surface area (Å²) in [7, 11) is 1.61. The van der Waals surface area contributed by atoms with E-state index in [-0.39, 0.29) is 23.0 Å². The first-order valence-electron chi connectivity index (χ1n) is 6.74. The number of benzene rings is 1. The first kappa shape index (κ1) is 12.9. The minimum atomic E-state index is -0.346. The Kier molecular flexibility index (Phi) is 3.10. The third-order valence-corrected chi connectivity index (χ3v) is 3.90. The Morgan fingerprint density at radius 3 is 2.90 bits per heavy atom. The molecule has 1 aromatic heterocycles. The van der Waals surface area contributed by atoms with Gasteiger partial charge in [-0.3, -0.25) is 13.9 Å². The van der Waals surface area contributed by atoms with Gasteiger partial charge >= 0.3 is 5.69 Å². The zero-order chi connectivity index (χ0) is 14.3. The molecule has 106 valence electrons. The van der Waals surface area contributed by atoms with Crippen LogP contribution in [0.1, 0.15) is 12.8 Å². The molecule has 0 amide bonds. The lowest BCUT2D eigenvalue weighted by Crippen LogP contribution is -2.43. The maximum atomic E-state index is 12.4. The molecule has 6 nitrogen and oxygen atoms in total. The Morgan fingerprint density at radius 1 is 1.40 bits per heavy atom. The molecule has 6 heteroatoms. The van der Waals surface area contributed by atoms with E-state index in [0.717, 1.165) is 19.4 Å². The van der Waals surface area contributed by atoms with E-state index in [1.807, 2.05) is 0 Å². The van der Waals surface area contributed by atoms with E-state index in [9.17, 15) is 14.7 Å². The lowest BCUT2D eigenvalue weighted by molar-refractivity contribution is 0.472. The molecule has 0 aliphatic carbocycles. The highest BCUT2D eigenvalue weighted by molar-refractivity contribution is 5.79. The number of hydrogen-bond donors (Lipinski definition) is 2. The van der Waals surface area contributed by atoms with Crippen molar-refractivity contribution in [3.63, 3.8) is 0 Å². The van der Waals surface area contributed by atoms with Gasteiger partial charge in [0.15, 0.2) is 0 Å². The second-order valence-electron chi connectivity index (χ2n) is 5.25. The predicted octanol–water partition coefficient (Wildman–Crippen LogP) is 0.158. The molecular formula is C14H17N3O3. The predicted molar refractivity (Wildman–Crippen MR) is 76.1 cm³/mol. The van der Waals surface area contributed by atoms with E-state index in [1.165, 1.54) is 21.3 Å². The molecule has 1 aliphatic heterocycles. The molecule has 1 aliphatic rings. The quantitative estimate of drug-likeness (QED) is 0.818. The normalized spacial score (nSPS) is 18.8. The van der Waals surface area contributed by atoms with Gasteiger partial charge in [-0.2, -0.15) is 0 Å². The van der Waals surface area contributed by atoms with E-state index in [1.54, 1.807) is 13.1 Å². The molecule has 1 aromatic carbocycles. The number of aromatic hydroxyl groups is 1. The van der Waals surface area contributed by atoms with Crippen LogP contribution in [0, 0.1) is 0 Å². The van der Waals surface area contributed by atoms with Crippen LogP contribution in [0.25, 0.3) is 10.9 Å². The largest absolute Gasteiger partial charge is 0.508 e. The molecule has 0 radical (unpaired) electrons. The van der Waals surface area contributed by atoms with Gasteiger partial charge < -0.3 is 10.4 Å². The van der Waals surface area contributed by atoms with Gasteiger partial charge in [0.05, 0.1) is 10.9 Å². The van der Waals surface area contributed by atoms with Crippen molar-refractivity contribution < 1.29 is 5.11 Å². The molecule has 1 fully saturated rings. The maximum absolute atomic E-state index is 12.4. The number of fused-ring (bicyclic) bond motifs is 1. The van der Waals surface area contributed by atoms with Crippen LogP contribution < -0.4 is 16.6 Å². The van der Waals surface area contributed by atoms with Crippen LogP contribution in [-0.4, -0.2) is 26.8 Å². The summed E-state index contributed by atoms with van der Waals surface area (Å²) in [6, 6.07) is 4.64. The monoisotopic (exact) mass is 275 g/mol. The van der Waals surface area contributed by atoms with Gasteiger partial charge in [0.25, 0.3) is 5.56 Å². The van der Waals surface area contributed by atoms with Crippen LogP contribution in [-0.2, 0) is 13.6 Å². The van der Waals surface area contributed by atoms with Gasteiger partial charge in [-0.05, 0) is 31.5 Å². The molecule has 1 atom stereocenters. The molecule has 3 rings (SSSR count). The highest BCUT2D eigenvalue weighted by Gasteiger charge is 2.18. The van der Waals surface area contributed by atoms with Gasteiger partial charge in [0, 0.05) is 25.7 Å². The fourth-order valence-electron chi connectivity index (χ4n) is 2.79. The summed E-state index contributed by atoms with van der Waals surface area (Å²) in [4.78, 5) is 24.8. The van der Waals surface area contributed by atoms with Crippen molar-refractivity contribution in [3.05, 3.63) is 39.0 Å². The highest BCUT2D eigenvalue weighted by atomic mass is 16.3. The maximum Gasteiger partial charge on any atom is 0.331 e. The van der Waals surface area contributed by atoms with Crippen molar-refractivity contribution in [1.29, 1.82) is 0 Å². The van der Waals surface area contributed by atoms with E-state index >= 15 is 0 Å². The van der Waals surface area contributed by atoms with Gasteiger partial charge in [-0.1, -0.05) is 0 Å². The first-order chi connectivity index (χ1) is 9.58. The van der Waals surface area contributed by atoms with E-state index in [4.69, 9.17) is 0 Å². The lowest BCUT2D eigenvalue weighted by Gasteiger charge is -2.14. The van der Waals surface area contributed by atoms with Crippen LogP contribution in [0.3, 0.4) is 0 Å². The van der Waals surface area contributed by atoms with Crippen molar-refractivity contribution in [1.82, 2.24) is 14.5 Å². The average Bonchev–Trinajstić information content (AvgIpc) is 2.94. The van der Waals surface area contributed by atoms with Gasteiger partial charge in [0.2, 0.25) is 0 Å². The number of aryl methyl sites for hydroxylation is 1. The van der Waals surface area contributed by atoms with Crippen molar-refractivity contribution in [3.8, 4) is 5.75 Å².